The molecule has 1 N–H and O–H groups in total. The van der Waals surface area contributed by atoms with Gasteiger partial charge in [0.05, 0.1) is 25.3 Å². The predicted molar refractivity (Wildman–Crippen MR) is 133 cm³/mol. The minimum atomic E-state index is -0.422. The van der Waals surface area contributed by atoms with Gasteiger partial charge in [0.1, 0.15) is 5.75 Å². The summed E-state index contributed by atoms with van der Waals surface area (Å²) < 4.78 is 11.1. The lowest BCUT2D eigenvalue weighted by molar-refractivity contribution is 0.203. The number of urea groups is 1. The van der Waals surface area contributed by atoms with Gasteiger partial charge >= 0.3 is 6.03 Å². The Morgan fingerprint density at radius 1 is 1.00 bits per heavy atom. The van der Waals surface area contributed by atoms with E-state index in [1.54, 1.807) is 12.0 Å². The van der Waals surface area contributed by atoms with Gasteiger partial charge in [-0.25, -0.2) is 4.79 Å². The van der Waals surface area contributed by atoms with E-state index in [0.717, 1.165) is 33.5 Å². The number of aromatic nitrogens is 2. The van der Waals surface area contributed by atoms with E-state index in [1.165, 1.54) is 0 Å². The summed E-state index contributed by atoms with van der Waals surface area (Å²) in [5, 5.41) is 7.38. The summed E-state index contributed by atoms with van der Waals surface area (Å²) in [5.41, 5.74) is 5.43. The molecule has 176 valence electrons. The first-order valence-electron chi connectivity index (χ1n) is 11.4. The van der Waals surface area contributed by atoms with Crippen molar-refractivity contribution >= 4 is 11.6 Å². The molecule has 7 heteroatoms. The Kier molecular flexibility index (Phi) is 6.06. The molecule has 0 fully saturated rings. The third-order valence-corrected chi connectivity index (χ3v) is 6.17. The van der Waals surface area contributed by atoms with Crippen molar-refractivity contribution in [3.8, 4) is 17.1 Å². The second kappa shape index (κ2) is 9.46. The first kappa shape index (κ1) is 22.4. The number of ether oxygens (including phenoxy) is 1. The number of aryl methyl sites for hydroxylation is 1. The van der Waals surface area contributed by atoms with Gasteiger partial charge in [-0.05, 0) is 37.1 Å². The molecular weight excluding hydrogens is 440 g/mol. The maximum atomic E-state index is 13.2. The van der Waals surface area contributed by atoms with Crippen LogP contribution < -0.4 is 10.1 Å². The molecule has 0 aliphatic carbocycles. The fourth-order valence-corrected chi connectivity index (χ4v) is 4.24. The highest BCUT2D eigenvalue weighted by Gasteiger charge is 2.35. The number of hydrogen-bond acceptors (Lipinski definition) is 5. The Hall–Kier alpha value is -4.39. The smallest absolute Gasteiger partial charge is 0.322 e. The van der Waals surface area contributed by atoms with E-state index in [-0.39, 0.29) is 6.03 Å². The number of methoxy groups -OCH3 is 1. The van der Waals surface area contributed by atoms with Gasteiger partial charge < -0.3 is 14.6 Å². The average molecular weight is 467 g/mol. The molecule has 0 spiro atoms. The summed E-state index contributed by atoms with van der Waals surface area (Å²) in [7, 11) is 1.62. The van der Waals surface area contributed by atoms with Crippen LogP contribution in [-0.4, -0.2) is 28.2 Å². The second-order valence-electron chi connectivity index (χ2n) is 8.52. The van der Waals surface area contributed by atoms with Crippen molar-refractivity contribution in [2.24, 2.45) is 0 Å². The normalized spacial score (nSPS) is 15.8. The summed E-state index contributed by atoms with van der Waals surface area (Å²) in [5.74, 6) is 1.53. The van der Waals surface area contributed by atoms with E-state index in [1.807, 2.05) is 92.7 Å². The lowest BCUT2D eigenvalue weighted by Crippen LogP contribution is -2.45. The van der Waals surface area contributed by atoms with Crippen molar-refractivity contribution < 1.29 is 14.1 Å². The monoisotopic (exact) mass is 466 g/mol. The van der Waals surface area contributed by atoms with E-state index in [0.29, 0.717) is 24.0 Å². The van der Waals surface area contributed by atoms with Gasteiger partial charge in [-0.15, -0.1) is 0 Å². The van der Waals surface area contributed by atoms with Crippen LogP contribution in [0.3, 0.4) is 0 Å². The highest BCUT2D eigenvalue weighted by atomic mass is 16.5. The number of nitrogens with one attached hydrogen (secondary N) is 1. The van der Waals surface area contributed by atoms with E-state index in [9.17, 15) is 4.79 Å². The highest BCUT2D eigenvalue weighted by molar-refractivity contribution is 5.86. The zero-order chi connectivity index (χ0) is 24.4. The third kappa shape index (κ3) is 4.53. The quantitative estimate of drug-likeness (QED) is 0.391. The maximum absolute atomic E-state index is 13.2. The van der Waals surface area contributed by atoms with Crippen LogP contribution >= 0.6 is 0 Å². The Morgan fingerprint density at radius 2 is 1.77 bits per heavy atom. The van der Waals surface area contributed by atoms with E-state index in [4.69, 9.17) is 14.2 Å². The fraction of sp³-hybridized carbons (Fsp3) is 0.179. The molecule has 4 aromatic rings. The summed E-state index contributed by atoms with van der Waals surface area (Å²) in [4.78, 5) is 19.7. The number of benzene rings is 3. The molecule has 1 atom stereocenters. The fourth-order valence-electron chi connectivity index (χ4n) is 4.24. The zero-order valence-corrected chi connectivity index (χ0v) is 19.9. The van der Waals surface area contributed by atoms with Gasteiger partial charge in [-0.1, -0.05) is 77.5 Å². The minimum absolute atomic E-state index is 0.173. The van der Waals surface area contributed by atoms with E-state index >= 15 is 0 Å². The van der Waals surface area contributed by atoms with Gasteiger partial charge in [0.15, 0.2) is 0 Å². The van der Waals surface area contributed by atoms with E-state index < -0.39 is 6.04 Å². The van der Waals surface area contributed by atoms with Crippen LogP contribution in [0.2, 0.25) is 0 Å². The number of rotatable bonds is 6. The van der Waals surface area contributed by atoms with Crippen molar-refractivity contribution in [1.82, 2.24) is 20.4 Å². The molecule has 35 heavy (non-hydrogen) atoms. The molecule has 2 heterocycles. The number of amides is 2. The molecule has 2 amide bonds. The molecule has 3 aromatic carbocycles. The molecular formula is C28H26N4O3. The Balaban J connectivity index is 1.59. The van der Waals surface area contributed by atoms with Crippen LogP contribution in [0.4, 0.5) is 4.79 Å². The molecule has 0 bridgehead atoms. The van der Waals surface area contributed by atoms with Crippen LogP contribution in [0, 0.1) is 6.92 Å². The van der Waals surface area contributed by atoms with Crippen molar-refractivity contribution in [2.75, 3.05) is 7.11 Å². The molecule has 1 unspecified atom stereocenters. The topological polar surface area (TPSA) is 80.5 Å². The molecule has 0 radical (unpaired) electrons. The zero-order valence-electron chi connectivity index (χ0n) is 19.9. The lowest BCUT2D eigenvalue weighted by atomic mass is 9.94. The van der Waals surface area contributed by atoms with Crippen LogP contribution in [0.5, 0.6) is 5.75 Å². The molecule has 1 aromatic heterocycles. The molecule has 5 rings (SSSR count). The first-order valence-corrected chi connectivity index (χ1v) is 11.4. The van der Waals surface area contributed by atoms with Gasteiger partial charge in [-0.2, -0.15) is 4.98 Å². The molecule has 1 aliphatic heterocycles. The SMILES string of the molecule is COc1cccc(-c2noc(C3=C(C)N(Cc4ccccc4)C(=O)NC3c3ccc(C)cc3)n2)c1. The Morgan fingerprint density at radius 3 is 2.51 bits per heavy atom. The van der Waals surface area contributed by atoms with Gasteiger partial charge in [-0.3, -0.25) is 4.90 Å². The van der Waals surface area contributed by atoms with Gasteiger partial charge in [0.25, 0.3) is 5.89 Å². The summed E-state index contributed by atoms with van der Waals surface area (Å²) >= 11 is 0. The van der Waals surface area contributed by atoms with Gasteiger partial charge in [0.2, 0.25) is 5.82 Å². The third-order valence-electron chi connectivity index (χ3n) is 6.17. The van der Waals surface area contributed by atoms with Crippen LogP contribution in [0.25, 0.3) is 17.0 Å². The molecule has 1 aliphatic rings. The number of nitrogens with zero attached hydrogens (tertiary/aromatic N) is 3. The van der Waals surface area contributed by atoms with Crippen molar-refractivity contribution in [3.05, 3.63) is 107 Å². The molecule has 0 saturated carbocycles. The Labute approximate surface area is 204 Å². The van der Waals surface area contributed by atoms with Crippen molar-refractivity contribution in [3.63, 3.8) is 0 Å². The predicted octanol–water partition coefficient (Wildman–Crippen LogP) is 5.75. The van der Waals surface area contributed by atoms with E-state index in [2.05, 4.69) is 10.5 Å². The first-order chi connectivity index (χ1) is 17.0. The second-order valence-corrected chi connectivity index (χ2v) is 8.52. The number of allylic oxidation sites excluding steroid dienone is 1. The largest absolute Gasteiger partial charge is 0.497 e. The van der Waals surface area contributed by atoms with Crippen LogP contribution in [-0.2, 0) is 6.54 Å². The minimum Gasteiger partial charge on any atom is -0.497 e. The van der Waals surface area contributed by atoms with Crippen LogP contribution in [0.15, 0.2) is 89.1 Å². The number of carbonyl (C=O) groups is 1. The molecule has 7 nitrogen and oxygen atoms in total. The average Bonchev–Trinajstić information content (AvgIpc) is 3.37. The van der Waals surface area contributed by atoms with Crippen LogP contribution in [0.1, 0.15) is 35.5 Å². The Bertz CT molecular complexity index is 1380. The summed E-state index contributed by atoms with van der Waals surface area (Å²) in [6, 6.07) is 24.9. The number of hydrogen-bond donors (Lipinski definition) is 1. The molecule has 0 saturated heterocycles. The van der Waals surface area contributed by atoms with Crippen molar-refractivity contribution in [2.45, 2.75) is 26.4 Å². The summed E-state index contributed by atoms with van der Waals surface area (Å²) in [6.07, 6.45) is 0. The lowest BCUT2D eigenvalue weighted by Gasteiger charge is -2.35. The van der Waals surface area contributed by atoms with Crippen molar-refractivity contribution in [1.29, 1.82) is 0 Å². The number of carbonyl (C=O) groups excluding carboxylic acids is 1. The summed E-state index contributed by atoms with van der Waals surface area (Å²) in [6.45, 7) is 4.39. The highest BCUT2D eigenvalue weighted by Crippen LogP contribution is 2.38. The maximum Gasteiger partial charge on any atom is 0.322 e. The standard InChI is InChI=1S/C28H26N4O3/c1-18-12-14-21(15-13-18)25-24(19(2)32(28(33)29-25)17-20-8-5-4-6-9-20)27-30-26(31-35-27)22-10-7-11-23(16-22)34-3/h4-16,25H,17H2,1-3H3,(H,29,33). The van der Waals surface area contributed by atoms with Gasteiger partial charge in [0, 0.05) is 11.3 Å².